The lowest BCUT2D eigenvalue weighted by Gasteiger charge is -2.07. The number of hydrogen-bond donors (Lipinski definition) is 1. The molecule has 8 heteroatoms. The third kappa shape index (κ3) is 2.75. The summed E-state index contributed by atoms with van der Waals surface area (Å²) in [5.74, 6) is 0. The maximum absolute atomic E-state index is 10.9. The van der Waals surface area contributed by atoms with Crippen molar-refractivity contribution in [1.82, 2.24) is 15.0 Å². The Morgan fingerprint density at radius 2 is 2.33 bits per heavy atom. The normalized spacial score (nSPS) is 10.3. The predicted octanol–water partition coefficient (Wildman–Crippen LogP) is 1.95. The van der Waals surface area contributed by atoms with Gasteiger partial charge in [-0.15, -0.1) is 5.10 Å². The molecule has 0 aliphatic heterocycles. The van der Waals surface area contributed by atoms with Crippen LogP contribution in [0.1, 0.15) is 0 Å². The van der Waals surface area contributed by atoms with Gasteiger partial charge in [0.1, 0.15) is 10.7 Å². The first-order chi connectivity index (χ1) is 8.68. The topological polar surface area (TPSA) is 85.9 Å². The van der Waals surface area contributed by atoms with Crippen LogP contribution in [0, 0.1) is 10.1 Å². The van der Waals surface area contributed by atoms with Gasteiger partial charge in [0.25, 0.3) is 0 Å². The lowest BCUT2D eigenvalue weighted by molar-refractivity contribution is -0.383. The van der Waals surface area contributed by atoms with Gasteiger partial charge in [0, 0.05) is 12.7 Å². The summed E-state index contributed by atoms with van der Waals surface area (Å²) in [7, 11) is 0. The minimum atomic E-state index is -0.500. The van der Waals surface area contributed by atoms with Crippen molar-refractivity contribution in [1.29, 1.82) is 0 Å². The quantitative estimate of drug-likeness (QED) is 0.661. The molecule has 0 atom stereocenters. The van der Waals surface area contributed by atoms with Gasteiger partial charge in [-0.2, -0.15) is 0 Å². The minimum Gasteiger partial charge on any atom is -0.378 e. The van der Waals surface area contributed by atoms with Crippen molar-refractivity contribution in [3.8, 4) is 0 Å². The van der Waals surface area contributed by atoms with Gasteiger partial charge in [-0.25, -0.2) is 0 Å². The highest BCUT2D eigenvalue weighted by atomic mass is 35.5. The molecule has 7 nitrogen and oxygen atoms in total. The van der Waals surface area contributed by atoms with Gasteiger partial charge in [-0.1, -0.05) is 22.9 Å². The zero-order valence-corrected chi connectivity index (χ0v) is 10.0. The van der Waals surface area contributed by atoms with Crippen LogP contribution in [-0.2, 0) is 6.54 Å². The lowest BCUT2D eigenvalue weighted by Crippen LogP contribution is -2.12. The van der Waals surface area contributed by atoms with E-state index in [0.717, 1.165) is 0 Å². The van der Waals surface area contributed by atoms with Crippen molar-refractivity contribution >= 4 is 23.0 Å². The second-order valence-corrected chi connectivity index (χ2v) is 3.89. The van der Waals surface area contributed by atoms with Gasteiger partial charge in [-0.05, 0) is 12.1 Å². The summed E-state index contributed by atoms with van der Waals surface area (Å²) in [6.07, 6.45) is 3.29. The van der Waals surface area contributed by atoms with E-state index in [9.17, 15) is 10.1 Å². The SMILES string of the molecule is O=[N+]([O-])c1c(Cl)cccc1NCCn1ccnn1. The van der Waals surface area contributed by atoms with Crippen molar-refractivity contribution in [2.24, 2.45) is 0 Å². The largest absolute Gasteiger partial charge is 0.378 e. The third-order valence-electron chi connectivity index (χ3n) is 2.30. The van der Waals surface area contributed by atoms with Gasteiger partial charge in [0.05, 0.1) is 17.7 Å². The molecule has 0 aliphatic carbocycles. The van der Waals surface area contributed by atoms with Crippen LogP contribution in [0.4, 0.5) is 11.4 Å². The van der Waals surface area contributed by atoms with Crippen LogP contribution in [0.25, 0.3) is 0 Å². The molecule has 0 spiro atoms. The Morgan fingerprint density at radius 1 is 1.50 bits per heavy atom. The smallest absolute Gasteiger partial charge is 0.310 e. The van der Waals surface area contributed by atoms with Gasteiger partial charge >= 0.3 is 5.69 Å². The van der Waals surface area contributed by atoms with E-state index in [2.05, 4.69) is 15.6 Å². The molecular formula is C10H10ClN5O2. The molecule has 0 amide bonds. The molecule has 18 heavy (non-hydrogen) atoms. The fourth-order valence-electron chi connectivity index (χ4n) is 1.50. The molecule has 0 saturated carbocycles. The number of nitrogens with one attached hydrogen (secondary N) is 1. The molecule has 1 N–H and O–H groups in total. The lowest BCUT2D eigenvalue weighted by atomic mass is 10.2. The van der Waals surface area contributed by atoms with Gasteiger partial charge in [-0.3, -0.25) is 14.8 Å². The summed E-state index contributed by atoms with van der Waals surface area (Å²) < 4.78 is 1.63. The first-order valence-electron chi connectivity index (χ1n) is 5.19. The highest BCUT2D eigenvalue weighted by Crippen LogP contribution is 2.31. The van der Waals surface area contributed by atoms with E-state index >= 15 is 0 Å². The van der Waals surface area contributed by atoms with Crippen LogP contribution < -0.4 is 5.32 Å². The number of nitro groups is 1. The summed E-state index contributed by atoms with van der Waals surface area (Å²) in [6.45, 7) is 1.05. The van der Waals surface area contributed by atoms with E-state index < -0.39 is 4.92 Å². The number of hydrogen-bond acceptors (Lipinski definition) is 5. The number of rotatable bonds is 5. The number of halogens is 1. The average Bonchev–Trinajstić information content (AvgIpc) is 2.81. The van der Waals surface area contributed by atoms with Crippen molar-refractivity contribution in [2.45, 2.75) is 6.54 Å². The average molecular weight is 268 g/mol. The van der Waals surface area contributed by atoms with E-state index in [1.807, 2.05) is 0 Å². The van der Waals surface area contributed by atoms with E-state index in [-0.39, 0.29) is 10.7 Å². The number of nitrogens with zero attached hydrogens (tertiary/aromatic N) is 4. The second-order valence-electron chi connectivity index (χ2n) is 3.49. The van der Waals surface area contributed by atoms with E-state index in [0.29, 0.717) is 18.8 Å². The number of aromatic nitrogens is 3. The van der Waals surface area contributed by atoms with Crippen molar-refractivity contribution in [2.75, 3.05) is 11.9 Å². The van der Waals surface area contributed by atoms with Crippen molar-refractivity contribution in [3.05, 3.63) is 45.7 Å². The van der Waals surface area contributed by atoms with Crippen LogP contribution in [0.2, 0.25) is 5.02 Å². The summed E-state index contributed by atoms with van der Waals surface area (Å²) in [6, 6.07) is 4.76. The van der Waals surface area contributed by atoms with Gasteiger partial charge < -0.3 is 5.32 Å². The maximum Gasteiger partial charge on any atom is 0.310 e. The van der Waals surface area contributed by atoms with Crippen molar-refractivity contribution in [3.63, 3.8) is 0 Å². The fraction of sp³-hybridized carbons (Fsp3) is 0.200. The molecule has 0 saturated heterocycles. The Kier molecular flexibility index (Phi) is 3.73. The van der Waals surface area contributed by atoms with Crippen LogP contribution in [0.15, 0.2) is 30.6 Å². The Labute approximate surface area is 108 Å². The molecule has 0 fully saturated rings. The molecule has 94 valence electrons. The minimum absolute atomic E-state index is 0.113. The zero-order chi connectivity index (χ0) is 13.0. The predicted molar refractivity (Wildman–Crippen MR) is 66.6 cm³/mol. The van der Waals surface area contributed by atoms with Crippen LogP contribution in [-0.4, -0.2) is 26.5 Å². The fourth-order valence-corrected chi connectivity index (χ4v) is 1.74. The molecule has 1 heterocycles. The number of nitro benzene ring substituents is 1. The van der Waals surface area contributed by atoms with Crippen LogP contribution >= 0.6 is 11.6 Å². The van der Waals surface area contributed by atoms with E-state index in [4.69, 9.17) is 11.6 Å². The molecular weight excluding hydrogens is 258 g/mol. The second kappa shape index (κ2) is 5.46. The molecule has 2 rings (SSSR count). The third-order valence-corrected chi connectivity index (χ3v) is 2.60. The number of anilines is 1. The molecule has 0 unspecified atom stereocenters. The molecule has 2 aromatic rings. The summed E-state index contributed by atoms with van der Waals surface area (Å²) in [4.78, 5) is 10.4. The molecule has 1 aromatic carbocycles. The Hall–Kier alpha value is -2.15. The van der Waals surface area contributed by atoms with Crippen molar-refractivity contribution < 1.29 is 4.92 Å². The molecule has 0 aliphatic rings. The first kappa shape index (κ1) is 12.3. The highest BCUT2D eigenvalue weighted by Gasteiger charge is 2.17. The number of benzene rings is 1. The summed E-state index contributed by atoms with van der Waals surface area (Å²) in [5.41, 5.74) is 0.283. The monoisotopic (exact) mass is 267 g/mol. The van der Waals surface area contributed by atoms with Crippen LogP contribution in [0.3, 0.4) is 0 Å². The van der Waals surface area contributed by atoms with E-state index in [1.54, 1.807) is 29.2 Å². The highest BCUT2D eigenvalue weighted by molar-refractivity contribution is 6.33. The standard InChI is InChI=1S/C10H10ClN5O2/c11-8-2-1-3-9(10(8)16(17)18)12-4-6-15-7-5-13-14-15/h1-3,5,7,12H,4,6H2. The van der Waals surface area contributed by atoms with E-state index in [1.165, 1.54) is 6.07 Å². The van der Waals surface area contributed by atoms with Gasteiger partial charge in [0.2, 0.25) is 0 Å². The zero-order valence-electron chi connectivity index (χ0n) is 9.28. The Bertz CT molecular complexity index is 543. The Morgan fingerprint density at radius 3 is 3.00 bits per heavy atom. The molecule has 1 aromatic heterocycles. The molecule has 0 bridgehead atoms. The summed E-state index contributed by atoms with van der Waals surface area (Å²) in [5, 5.41) is 21.4. The maximum atomic E-state index is 10.9. The summed E-state index contributed by atoms with van der Waals surface area (Å²) >= 11 is 5.79. The Balaban J connectivity index is 2.05. The number of para-hydroxylation sites is 1. The first-order valence-corrected chi connectivity index (χ1v) is 5.57. The molecule has 0 radical (unpaired) electrons. The van der Waals surface area contributed by atoms with Gasteiger partial charge in [0.15, 0.2) is 0 Å². The van der Waals surface area contributed by atoms with Crippen LogP contribution in [0.5, 0.6) is 0 Å².